The molecule has 9 nitrogen and oxygen atoms in total. The molecule has 3 amide bonds. The zero-order valence-corrected chi connectivity index (χ0v) is 17.2. The van der Waals surface area contributed by atoms with Gasteiger partial charge in [0.25, 0.3) is 10.0 Å². The zero-order valence-electron chi connectivity index (χ0n) is 16.4. The van der Waals surface area contributed by atoms with Crippen LogP contribution in [-0.4, -0.2) is 39.8 Å². The van der Waals surface area contributed by atoms with E-state index in [1.54, 1.807) is 36.3 Å². The van der Waals surface area contributed by atoms with Crippen molar-refractivity contribution in [3.8, 4) is 5.75 Å². The van der Waals surface area contributed by atoms with Crippen LogP contribution in [0.15, 0.2) is 53.4 Å². The van der Waals surface area contributed by atoms with Crippen molar-refractivity contribution in [3.05, 3.63) is 48.5 Å². The van der Waals surface area contributed by atoms with Gasteiger partial charge in [-0.05, 0) is 48.5 Å². The van der Waals surface area contributed by atoms with Crippen LogP contribution in [0, 0.1) is 5.92 Å². The molecule has 30 heavy (non-hydrogen) atoms. The van der Waals surface area contributed by atoms with Crippen molar-refractivity contribution in [2.24, 2.45) is 5.92 Å². The second kappa shape index (κ2) is 8.54. The van der Waals surface area contributed by atoms with E-state index in [4.69, 9.17) is 4.74 Å². The molecule has 1 unspecified atom stereocenters. The van der Waals surface area contributed by atoms with Crippen LogP contribution >= 0.6 is 0 Å². The molecule has 0 bridgehead atoms. The van der Waals surface area contributed by atoms with Crippen molar-refractivity contribution < 1.29 is 27.5 Å². The van der Waals surface area contributed by atoms with Gasteiger partial charge in [-0.3, -0.25) is 14.4 Å². The first kappa shape index (κ1) is 21.3. The van der Waals surface area contributed by atoms with Gasteiger partial charge in [0.2, 0.25) is 17.7 Å². The number of sulfonamides is 1. The van der Waals surface area contributed by atoms with Crippen LogP contribution in [0.4, 0.5) is 11.4 Å². The average molecular weight is 431 g/mol. The summed E-state index contributed by atoms with van der Waals surface area (Å²) in [4.78, 5) is 37.4. The van der Waals surface area contributed by atoms with Gasteiger partial charge >= 0.3 is 0 Å². The molecule has 2 N–H and O–H groups in total. The summed E-state index contributed by atoms with van der Waals surface area (Å²) in [5.41, 5.74) is 1.07. The number of methoxy groups -OCH3 is 1. The van der Waals surface area contributed by atoms with Crippen LogP contribution in [0.1, 0.15) is 13.3 Å². The normalized spacial score (nSPS) is 16.3. The molecule has 3 rings (SSSR count). The molecule has 2 aromatic carbocycles. The molecule has 1 aliphatic heterocycles. The Morgan fingerprint density at radius 3 is 2.27 bits per heavy atom. The largest absolute Gasteiger partial charge is 0.497 e. The molecule has 0 spiro atoms. The first-order chi connectivity index (χ1) is 14.2. The molecular weight excluding hydrogens is 410 g/mol. The Kier molecular flexibility index (Phi) is 6.06. The highest BCUT2D eigenvalue weighted by Crippen LogP contribution is 2.27. The Bertz CT molecular complexity index is 1060. The van der Waals surface area contributed by atoms with Crippen LogP contribution in [0.2, 0.25) is 0 Å². The number of hydrogen-bond acceptors (Lipinski definition) is 6. The van der Waals surface area contributed by atoms with Gasteiger partial charge in [0.05, 0.1) is 17.9 Å². The van der Waals surface area contributed by atoms with Gasteiger partial charge in [0.15, 0.2) is 0 Å². The Labute approximate surface area is 174 Å². The summed E-state index contributed by atoms with van der Waals surface area (Å²) in [5, 5.41) is 2.69. The first-order valence-corrected chi connectivity index (χ1v) is 10.6. The maximum Gasteiger partial charge on any atom is 0.264 e. The third kappa shape index (κ3) is 4.77. The van der Waals surface area contributed by atoms with E-state index in [0.29, 0.717) is 17.1 Å². The van der Waals surface area contributed by atoms with E-state index in [0.717, 1.165) is 6.92 Å². The summed E-state index contributed by atoms with van der Waals surface area (Å²) >= 11 is 0. The summed E-state index contributed by atoms with van der Waals surface area (Å²) < 4.78 is 30.9. The minimum absolute atomic E-state index is 0.0762. The van der Waals surface area contributed by atoms with Crippen molar-refractivity contribution in [1.82, 2.24) is 4.72 Å². The quantitative estimate of drug-likeness (QED) is 0.715. The molecule has 10 heteroatoms. The van der Waals surface area contributed by atoms with Gasteiger partial charge in [-0.25, -0.2) is 13.1 Å². The summed E-state index contributed by atoms with van der Waals surface area (Å²) in [7, 11) is -2.39. The molecule has 0 saturated carbocycles. The van der Waals surface area contributed by atoms with Gasteiger partial charge in [-0.1, -0.05) is 0 Å². The lowest BCUT2D eigenvalue weighted by Gasteiger charge is -2.17. The fraction of sp³-hybridized carbons (Fsp3) is 0.250. The number of ether oxygens (including phenoxy) is 1. The number of amides is 3. The lowest BCUT2D eigenvalue weighted by atomic mass is 10.1. The highest BCUT2D eigenvalue weighted by atomic mass is 32.2. The highest BCUT2D eigenvalue weighted by Gasteiger charge is 2.35. The maximum atomic E-state index is 12.6. The third-order valence-corrected chi connectivity index (χ3v) is 6.04. The number of hydrogen-bond donors (Lipinski definition) is 2. The van der Waals surface area contributed by atoms with E-state index >= 15 is 0 Å². The molecule has 0 aromatic heterocycles. The van der Waals surface area contributed by atoms with Crippen molar-refractivity contribution in [3.63, 3.8) is 0 Å². The number of rotatable bonds is 6. The van der Waals surface area contributed by atoms with E-state index in [1.807, 2.05) is 4.72 Å². The lowest BCUT2D eigenvalue weighted by molar-refractivity contribution is -0.122. The molecule has 1 saturated heterocycles. The van der Waals surface area contributed by atoms with E-state index in [-0.39, 0.29) is 29.7 Å². The fourth-order valence-electron chi connectivity index (χ4n) is 3.10. The third-order valence-electron chi connectivity index (χ3n) is 4.59. The molecule has 1 atom stereocenters. The second-order valence-corrected chi connectivity index (χ2v) is 8.46. The van der Waals surface area contributed by atoms with Gasteiger partial charge < -0.3 is 15.0 Å². The predicted molar refractivity (Wildman–Crippen MR) is 110 cm³/mol. The Hall–Kier alpha value is -3.40. The molecule has 1 aliphatic rings. The van der Waals surface area contributed by atoms with Crippen molar-refractivity contribution in [1.29, 1.82) is 0 Å². The Balaban J connectivity index is 1.65. The SMILES string of the molecule is COc1ccc(N2CC(C(=O)Nc3ccc(S(=O)(=O)NC(C)=O)cc3)CC2=O)cc1. The number of nitrogens with zero attached hydrogens (tertiary/aromatic N) is 1. The highest BCUT2D eigenvalue weighted by molar-refractivity contribution is 7.90. The number of carbonyl (C=O) groups excluding carboxylic acids is 3. The molecule has 0 aliphatic carbocycles. The molecule has 0 radical (unpaired) electrons. The summed E-state index contributed by atoms with van der Waals surface area (Å²) in [6.45, 7) is 1.34. The van der Waals surface area contributed by atoms with E-state index in [2.05, 4.69) is 5.32 Å². The van der Waals surface area contributed by atoms with Crippen molar-refractivity contribution >= 4 is 39.1 Å². The Morgan fingerprint density at radius 1 is 1.07 bits per heavy atom. The van der Waals surface area contributed by atoms with Crippen molar-refractivity contribution in [2.45, 2.75) is 18.2 Å². The number of nitrogens with one attached hydrogen (secondary N) is 2. The van der Waals surface area contributed by atoms with Crippen LogP contribution in [0.3, 0.4) is 0 Å². The number of anilines is 2. The molecule has 1 fully saturated rings. The van der Waals surface area contributed by atoms with Crippen LogP contribution in [-0.2, 0) is 24.4 Å². The average Bonchev–Trinajstić information content (AvgIpc) is 3.09. The molecular formula is C20H21N3O6S. The molecule has 1 heterocycles. The van der Waals surface area contributed by atoms with Crippen LogP contribution in [0.5, 0.6) is 5.75 Å². The standard InChI is InChI=1S/C20H21N3O6S/c1-13(24)22-30(27,28)18-9-3-15(4-10-18)21-20(26)14-11-19(25)23(12-14)16-5-7-17(29-2)8-6-16/h3-10,14H,11-12H2,1-2H3,(H,21,26)(H,22,24). The lowest BCUT2D eigenvalue weighted by Crippen LogP contribution is -2.28. The summed E-state index contributed by atoms with van der Waals surface area (Å²) in [6, 6.07) is 12.4. The van der Waals surface area contributed by atoms with E-state index < -0.39 is 21.8 Å². The number of carbonyl (C=O) groups is 3. The first-order valence-electron chi connectivity index (χ1n) is 9.08. The van der Waals surface area contributed by atoms with Crippen LogP contribution < -0.4 is 19.7 Å². The van der Waals surface area contributed by atoms with Gasteiger partial charge in [0, 0.05) is 31.3 Å². The van der Waals surface area contributed by atoms with Gasteiger partial charge in [0.1, 0.15) is 5.75 Å². The molecule has 158 valence electrons. The minimum atomic E-state index is -3.94. The maximum absolute atomic E-state index is 12.6. The minimum Gasteiger partial charge on any atom is -0.497 e. The van der Waals surface area contributed by atoms with Gasteiger partial charge in [-0.15, -0.1) is 0 Å². The summed E-state index contributed by atoms with van der Waals surface area (Å²) in [6.07, 6.45) is 0.0762. The monoisotopic (exact) mass is 431 g/mol. The fourth-order valence-corrected chi connectivity index (χ4v) is 4.10. The Morgan fingerprint density at radius 2 is 1.70 bits per heavy atom. The topological polar surface area (TPSA) is 122 Å². The van der Waals surface area contributed by atoms with Gasteiger partial charge in [-0.2, -0.15) is 0 Å². The summed E-state index contributed by atoms with van der Waals surface area (Å²) in [5.74, 6) is -1.06. The zero-order chi connectivity index (χ0) is 21.9. The van der Waals surface area contributed by atoms with E-state index in [1.165, 1.54) is 24.3 Å². The predicted octanol–water partition coefficient (Wildman–Crippen LogP) is 1.51. The van der Waals surface area contributed by atoms with E-state index in [9.17, 15) is 22.8 Å². The second-order valence-electron chi connectivity index (χ2n) is 6.78. The van der Waals surface area contributed by atoms with Crippen LogP contribution in [0.25, 0.3) is 0 Å². The smallest absolute Gasteiger partial charge is 0.264 e. The molecule has 2 aromatic rings. The van der Waals surface area contributed by atoms with Crippen molar-refractivity contribution in [2.75, 3.05) is 23.9 Å². The number of benzene rings is 2.